The number of hydrogen-bond donors (Lipinski definition) is 0. The van der Waals surface area contributed by atoms with Gasteiger partial charge in [-0.15, -0.1) is 0 Å². The van der Waals surface area contributed by atoms with Crippen molar-refractivity contribution in [3.63, 3.8) is 0 Å². The Morgan fingerprint density at radius 2 is 0.964 bits per heavy atom. The number of benzene rings is 3. The second-order valence-electron chi connectivity index (χ2n) is 7.07. The van der Waals surface area contributed by atoms with E-state index in [4.69, 9.17) is 0 Å². The summed E-state index contributed by atoms with van der Waals surface area (Å²) in [5, 5.41) is 2.74. The molecule has 0 amide bonds. The van der Waals surface area contributed by atoms with Crippen LogP contribution in [0, 0.1) is 0 Å². The molecule has 0 spiro atoms. The minimum absolute atomic E-state index is 0.0143. The van der Waals surface area contributed by atoms with Gasteiger partial charge < -0.3 is 9.13 Å². The third kappa shape index (κ3) is 2.12. The van der Waals surface area contributed by atoms with Crippen molar-refractivity contribution in [1.82, 2.24) is 9.13 Å². The lowest BCUT2D eigenvalue weighted by Crippen LogP contribution is -2.15. The number of aromatic nitrogens is 2. The predicted octanol–water partition coefficient (Wildman–Crippen LogP) is 4.66. The molecule has 0 bridgehead atoms. The van der Waals surface area contributed by atoms with E-state index in [1.165, 1.54) is 0 Å². The maximum Gasteiger partial charge on any atom is 0.197 e. The largest absolute Gasteiger partial charge is 0.341 e. The van der Waals surface area contributed by atoms with E-state index < -0.39 is 0 Å². The standard InChI is InChI=1S/C24H20N2O2/c1-3-25-19-11-7-5-9-15(19)23(27)17-14-22-18(13-21(17)25)24(28)16-10-6-8-12-20(16)26(22)4-2/h5-14H,3-4H2,1-2H3. The van der Waals surface area contributed by atoms with Crippen LogP contribution in [0.4, 0.5) is 0 Å². The first-order chi connectivity index (χ1) is 13.7. The maximum absolute atomic E-state index is 13.2. The molecule has 0 unspecified atom stereocenters. The maximum atomic E-state index is 13.2. The Morgan fingerprint density at radius 1 is 0.571 bits per heavy atom. The van der Waals surface area contributed by atoms with Crippen molar-refractivity contribution in [2.75, 3.05) is 0 Å². The molecule has 5 aromatic rings. The minimum Gasteiger partial charge on any atom is -0.341 e. The van der Waals surface area contributed by atoms with Crippen LogP contribution >= 0.6 is 0 Å². The average Bonchev–Trinajstić information content (AvgIpc) is 2.74. The summed E-state index contributed by atoms with van der Waals surface area (Å²) >= 11 is 0. The number of para-hydroxylation sites is 2. The normalized spacial score (nSPS) is 11.8. The van der Waals surface area contributed by atoms with Gasteiger partial charge in [0.25, 0.3) is 0 Å². The van der Waals surface area contributed by atoms with Crippen LogP contribution in [0.25, 0.3) is 43.6 Å². The summed E-state index contributed by atoms with van der Waals surface area (Å²) in [6.07, 6.45) is 0. The highest BCUT2D eigenvalue weighted by Gasteiger charge is 2.15. The van der Waals surface area contributed by atoms with Crippen molar-refractivity contribution in [1.29, 1.82) is 0 Å². The average molecular weight is 368 g/mol. The summed E-state index contributed by atoms with van der Waals surface area (Å²) in [5.41, 5.74) is 3.46. The van der Waals surface area contributed by atoms with Crippen LogP contribution in [-0.2, 0) is 13.1 Å². The van der Waals surface area contributed by atoms with Crippen LogP contribution in [0.1, 0.15) is 13.8 Å². The SMILES string of the molecule is CCn1c2ccccc2c(=O)c2cc3c(cc21)c(=O)c1ccccc1n3CC. The Kier molecular flexibility index (Phi) is 3.63. The van der Waals surface area contributed by atoms with E-state index in [-0.39, 0.29) is 10.9 Å². The molecule has 0 aliphatic heterocycles. The second-order valence-corrected chi connectivity index (χ2v) is 7.07. The predicted molar refractivity (Wildman–Crippen MR) is 116 cm³/mol. The summed E-state index contributed by atoms with van der Waals surface area (Å²) in [7, 11) is 0. The van der Waals surface area contributed by atoms with Crippen molar-refractivity contribution >= 4 is 43.6 Å². The third-order valence-electron chi connectivity index (χ3n) is 5.70. The monoisotopic (exact) mass is 368 g/mol. The Morgan fingerprint density at radius 3 is 1.36 bits per heavy atom. The van der Waals surface area contributed by atoms with Gasteiger partial charge in [0.2, 0.25) is 0 Å². The van der Waals surface area contributed by atoms with Gasteiger partial charge in [-0.2, -0.15) is 0 Å². The first-order valence-corrected chi connectivity index (χ1v) is 9.66. The first-order valence-electron chi connectivity index (χ1n) is 9.66. The van der Waals surface area contributed by atoms with Crippen LogP contribution in [0.15, 0.2) is 70.3 Å². The summed E-state index contributed by atoms with van der Waals surface area (Å²) in [6, 6.07) is 19.2. The van der Waals surface area contributed by atoms with Gasteiger partial charge in [0.15, 0.2) is 10.9 Å². The summed E-state index contributed by atoms with van der Waals surface area (Å²) in [4.78, 5) is 26.5. The summed E-state index contributed by atoms with van der Waals surface area (Å²) in [5.74, 6) is 0. The minimum atomic E-state index is 0.0143. The van der Waals surface area contributed by atoms with E-state index in [1.807, 2.05) is 60.7 Å². The van der Waals surface area contributed by atoms with Crippen molar-refractivity contribution < 1.29 is 0 Å². The molecule has 0 aliphatic rings. The van der Waals surface area contributed by atoms with Gasteiger partial charge in [-0.3, -0.25) is 9.59 Å². The second kappa shape index (κ2) is 6.06. The molecule has 0 atom stereocenters. The van der Waals surface area contributed by atoms with E-state index in [1.54, 1.807) is 0 Å². The van der Waals surface area contributed by atoms with Crippen molar-refractivity contribution in [3.8, 4) is 0 Å². The molecule has 0 saturated heterocycles. The molecular weight excluding hydrogens is 348 g/mol. The molecule has 4 heteroatoms. The van der Waals surface area contributed by atoms with E-state index in [0.717, 1.165) is 35.2 Å². The van der Waals surface area contributed by atoms with Gasteiger partial charge >= 0.3 is 0 Å². The highest BCUT2D eigenvalue weighted by Crippen LogP contribution is 2.26. The zero-order chi connectivity index (χ0) is 19.4. The number of nitrogens with zero attached hydrogens (tertiary/aromatic N) is 2. The molecule has 0 radical (unpaired) electrons. The number of hydrogen-bond acceptors (Lipinski definition) is 2. The molecule has 2 heterocycles. The Bertz CT molecular complexity index is 1410. The fraction of sp³-hybridized carbons (Fsp3) is 0.167. The van der Waals surface area contributed by atoms with E-state index in [0.29, 0.717) is 21.5 Å². The molecule has 0 aliphatic carbocycles. The fourth-order valence-corrected chi connectivity index (χ4v) is 4.42. The third-order valence-corrected chi connectivity index (χ3v) is 5.70. The Hall–Kier alpha value is -3.40. The molecule has 138 valence electrons. The van der Waals surface area contributed by atoms with E-state index in [2.05, 4.69) is 23.0 Å². The number of pyridine rings is 2. The zero-order valence-corrected chi connectivity index (χ0v) is 15.9. The van der Waals surface area contributed by atoms with Crippen molar-refractivity contribution in [2.45, 2.75) is 26.9 Å². The van der Waals surface area contributed by atoms with Gasteiger partial charge in [0.05, 0.1) is 22.1 Å². The molecule has 4 nitrogen and oxygen atoms in total. The summed E-state index contributed by atoms with van der Waals surface area (Å²) in [6.45, 7) is 5.56. The lowest BCUT2D eigenvalue weighted by molar-refractivity contribution is 0.816. The molecule has 0 saturated carbocycles. The number of aryl methyl sites for hydroxylation is 2. The van der Waals surface area contributed by atoms with Gasteiger partial charge in [-0.25, -0.2) is 0 Å². The topological polar surface area (TPSA) is 44.0 Å². The lowest BCUT2D eigenvalue weighted by Gasteiger charge is -2.17. The Labute approximate surface area is 161 Å². The molecule has 0 N–H and O–H groups in total. The molecule has 28 heavy (non-hydrogen) atoms. The molecule has 0 fully saturated rings. The van der Waals surface area contributed by atoms with Crippen LogP contribution in [-0.4, -0.2) is 9.13 Å². The van der Waals surface area contributed by atoms with Crippen LogP contribution < -0.4 is 10.9 Å². The van der Waals surface area contributed by atoms with Crippen molar-refractivity contribution in [2.24, 2.45) is 0 Å². The zero-order valence-electron chi connectivity index (χ0n) is 15.9. The number of rotatable bonds is 2. The van der Waals surface area contributed by atoms with Gasteiger partial charge in [0.1, 0.15) is 0 Å². The smallest absolute Gasteiger partial charge is 0.197 e. The van der Waals surface area contributed by atoms with Crippen LogP contribution in [0.2, 0.25) is 0 Å². The van der Waals surface area contributed by atoms with Gasteiger partial charge in [-0.05, 0) is 50.2 Å². The fourth-order valence-electron chi connectivity index (χ4n) is 4.42. The van der Waals surface area contributed by atoms with Gasteiger partial charge in [-0.1, -0.05) is 24.3 Å². The molecule has 5 rings (SSSR count). The lowest BCUT2D eigenvalue weighted by atomic mass is 10.0. The molecule has 3 aromatic carbocycles. The van der Waals surface area contributed by atoms with Crippen LogP contribution in [0.3, 0.4) is 0 Å². The highest BCUT2D eigenvalue weighted by molar-refractivity contribution is 6.03. The van der Waals surface area contributed by atoms with Gasteiger partial charge in [0, 0.05) is 34.6 Å². The summed E-state index contributed by atoms with van der Waals surface area (Å²) < 4.78 is 4.24. The quantitative estimate of drug-likeness (QED) is 0.425. The molecular formula is C24H20N2O2. The number of fused-ring (bicyclic) bond motifs is 4. The van der Waals surface area contributed by atoms with Crippen molar-refractivity contribution in [3.05, 3.63) is 81.1 Å². The Balaban J connectivity index is 2.12. The molecule has 2 aromatic heterocycles. The first kappa shape index (κ1) is 16.8. The van der Waals surface area contributed by atoms with Crippen LogP contribution in [0.5, 0.6) is 0 Å². The van der Waals surface area contributed by atoms with E-state index in [9.17, 15) is 9.59 Å². The van der Waals surface area contributed by atoms with E-state index >= 15 is 0 Å². The highest BCUT2D eigenvalue weighted by atomic mass is 16.1.